The van der Waals surface area contributed by atoms with Crippen molar-refractivity contribution in [2.45, 2.75) is 6.92 Å². The Morgan fingerprint density at radius 1 is 1.14 bits per heavy atom. The molecule has 3 aromatic rings. The van der Waals surface area contributed by atoms with Crippen molar-refractivity contribution in [3.63, 3.8) is 0 Å². The van der Waals surface area contributed by atoms with Crippen LogP contribution in [0.5, 0.6) is 0 Å². The second-order valence-electron chi connectivity index (χ2n) is 5.26. The van der Waals surface area contributed by atoms with Crippen molar-refractivity contribution in [3.05, 3.63) is 23.5 Å². The van der Waals surface area contributed by atoms with Gasteiger partial charge in [0.15, 0.2) is 5.13 Å². The molecule has 0 amide bonds. The molecule has 2 N–H and O–H groups in total. The smallest absolute Gasteiger partial charge is 0.256 e. The Hall–Kier alpha value is -2.42. The van der Waals surface area contributed by atoms with Gasteiger partial charge in [-0.3, -0.25) is 0 Å². The Morgan fingerprint density at radius 2 is 1.91 bits per heavy atom. The van der Waals surface area contributed by atoms with Gasteiger partial charge in [0.25, 0.3) is 5.78 Å². The number of aromatic nitrogens is 5. The van der Waals surface area contributed by atoms with Crippen LogP contribution in [-0.2, 0) is 0 Å². The van der Waals surface area contributed by atoms with Gasteiger partial charge >= 0.3 is 0 Å². The van der Waals surface area contributed by atoms with Gasteiger partial charge in [0, 0.05) is 37.6 Å². The number of aryl methyl sites for hydroxylation is 1. The van der Waals surface area contributed by atoms with Crippen molar-refractivity contribution in [1.82, 2.24) is 24.6 Å². The molecular formula is C13H16N8S. The molecule has 0 radical (unpaired) electrons. The number of piperazine rings is 1. The van der Waals surface area contributed by atoms with Crippen molar-refractivity contribution in [2.75, 3.05) is 41.7 Å². The minimum Gasteiger partial charge on any atom is -0.383 e. The van der Waals surface area contributed by atoms with Gasteiger partial charge < -0.3 is 15.5 Å². The van der Waals surface area contributed by atoms with Gasteiger partial charge in [-0.25, -0.2) is 4.98 Å². The average molecular weight is 316 g/mol. The van der Waals surface area contributed by atoms with Gasteiger partial charge in [0.1, 0.15) is 18.0 Å². The van der Waals surface area contributed by atoms with Gasteiger partial charge in [-0.2, -0.15) is 19.6 Å². The van der Waals surface area contributed by atoms with E-state index in [0.29, 0.717) is 11.6 Å². The maximum absolute atomic E-state index is 6.00. The summed E-state index contributed by atoms with van der Waals surface area (Å²) in [6, 6.07) is 1.85. The summed E-state index contributed by atoms with van der Waals surface area (Å²) in [6.07, 6.45) is 1.46. The second-order valence-corrected chi connectivity index (χ2v) is 6.09. The molecule has 4 heterocycles. The molecule has 1 fully saturated rings. The number of thiazole rings is 1. The Labute approximate surface area is 131 Å². The van der Waals surface area contributed by atoms with Gasteiger partial charge in [0.05, 0.1) is 5.69 Å². The molecule has 0 spiro atoms. The summed E-state index contributed by atoms with van der Waals surface area (Å²) in [5, 5.41) is 7.22. The van der Waals surface area contributed by atoms with Crippen LogP contribution in [-0.4, -0.2) is 50.7 Å². The number of nitrogens with two attached hydrogens (primary N) is 1. The summed E-state index contributed by atoms with van der Waals surface area (Å²) in [4.78, 5) is 17.7. The van der Waals surface area contributed by atoms with Crippen LogP contribution >= 0.6 is 11.3 Å². The van der Waals surface area contributed by atoms with Gasteiger partial charge in [-0.1, -0.05) is 0 Å². The van der Waals surface area contributed by atoms with E-state index in [2.05, 4.69) is 35.2 Å². The molecule has 22 heavy (non-hydrogen) atoms. The first-order valence-electron chi connectivity index (χ1n) is 7.09. The fourth-order valence-corrected chi connectivity index (χ4v) is 3.45. The normalized spacial score (nSPS) is 15.7. The van der Waals surface area contributed by atoms with Crippen LogP contribution in [0, 0.1) is 6.92 Å². The minimum absolute atomic E-state index is 0.535. The molecule has 114 valence electrons. The third-order valence-electron chi connectivity index (χ3n) is 3.75. The maximum Gasteiger partial charge on any atom is 0.256 e. The lowest BCUT2D eigenvalue weighted by molar-refractivity contribution is 0.645. The monoisotopic (exact) mass is 316 g/mol. The molecule has 1 aliphatic heterocycles. The van der Waals surface area contributed by atoms with E-state index in [4.69, 9.17) is 5.73 Å². The topological polar surface area (TPSA) is 88.5 Å². The molecule has 0 saturated carbocycles. The van der Waals surface area contributed by atoms with Crippen LogP contribution in [0.1, 0.15) is 5.69 Å². The zero-order chi connectivity index (χ0) is 15.1. The van der Waals surface area contributed by atoms with Crippen LogP contribution < -0.4 is 15.5 Å². The zero-order valence-electron chi connectivity index (χ0n) is 12.2. The van der Waals surface area contributed by atoms with E-state index in [1.165, 1.54) is 10.8 Å². The lowest BCUT2D eigenvalue weighted by Crippen LogP contribution is -2.46. The van der Waals surface area contributed by atoms with Crippen molar-refractivity contribution in [1.29, 1.82) is 0 Å². The van der Waals surface area contributed by atoms with Crippen molar-refractivity contribution < 1.29 is 0 Å². The van der Waals surface area contributed by atoms with Crippen molar-refractivity contribution in [3.8, 4) is 0 Å². The summed E-state index contributed by atoms with van der Waals surface area (Å²) in [7, 11) is 0. The fraction of sp³-hybridized carbons (Fsp3) is 0.385. The lowest BCUT2D eigenvalue weighted by Gasteiger charge is -2.35. The average Bonchev–Trinajstić information content (AvgIpc) is 3.16. The molecule has 0 unspecified atom stereocenters. The number of fused-ring (bicyclic) bond motifs is 1. The summed E-state index contributed by atoms with van der Waals surface area (Å²) >= 11 is 1.70. The van der Waals surface area contributed by atoms with E-state index >= 15 is 0 Å². The van der Waals surface area contributed by atoms with E-state index < -0.39 is 0 Å². The highest BCUT2D eigenvalue weighted by Crippen LogP contribution is 2.23. The first-order valence-corrected chi connectivity index (χ1v) is 7.97. The van der Waals surface area contributed by atoms with Crippen LogP contribution in [0.15, 0.2) is 17.8 Å². The van der Waals surface area contributed by atoms with Crippen LogP contribution in [0.2, 0.25) is 0 Å². The molecule has 1 saturated heterocycles. The van der Waals surface area contributed by atoms with Gasteiger partial charge in [-0.05, 0) is 6.92 Å². The number of nitrogens with zero attached hydrogens (tertiary/aromatic N) is 7. The minimum atomic E-state index is 0.535. The first kappa shape index (κ1) is 13.3. The number of nitrogen functional groups attached to an aromatic ring is 1. The fourth-order valence-electron chi connectivity index (χ4n) is 2.60. The molecule has 0 aliphatic carbocycles. The third-order valence-corrected chi connectivity index (χ3v) is 4.77. The molecule has 1 aliphatic rings. The largest absolute Gasteiger partial charge is 0.383 e. The number of hydrogen-bond acceptors (Lipinski definition) is 8. The standard InChI is InChI=1S/C13H16N8S/c1-9-7-22-13(17-9)20-4-2-19(3-5-20)11-6-10(14)21-12(18-11)15-8-16-21/h6-8H,2-5,14H2,1H3. The van der Waals surface area contributed by atoms with Crippen molar-refractivity contribution >= 4 is 33.9 Å². The molecule has 0 bridgehead atoms. The molecule has 0 atom stereocenters. The molecule has 3 aromatic heterocycles. The Morgan fingerprint density at radius 3 is 2.64 bits per heavy atom. The highest BCUT2D eigenvalue weighted by Gasteiger charge is 2.21. The van der Waals surface area contributed by atoms with Crippen LogP contribution in [0.3, 0.4) is 0 Å². The Balaban J connectivity index is 1.52. The molecule has 8 nitrogen and oxygen atoms in total. The van der Waals surface area contributed by atoms with Crippen molar-refractivity contribution in [2.24, 2.45) is 0 Å². The lowest BCUT2D eigenvalue weighted by atomic mass is 10.3. The van der Waals surface area contributed by atoms with Crippen LogP contribution in [0.4, 0.5) is 16.8 Å². The summed E-state index contributed by atoms with van der Waals surface area (Å²) in [5.41, 5.74) is 7.08. The second kappa shape index (κ2) is 5.09. The SMILES string of the molecule is Cc1csc(N2CCN(c3cc(N)n4ncnc4n3)CC2)n1. The highest BCUT2D eigenvalue weighted by atomic mass is 32.1. The molecule has 0 aromatic carbocycles. The Kier molecular flexibility index (Phi) is 3.07. The molecular weight excluding hydrogens is 300 g/mol. The predicted molar refractivity (Wildman–Crippen MR) is 86.5 cm³/mol. The van der Waals surface area contributed by atoms with E-state index in [0.717, 1.165) is 42.8 Å². The zero-order valence-corrected chi connectivity index (χ0v) is 13.0. The summed E-state index contributed by atoms with van der Waals surface area (Å²) in [6.45, 7) is 5.64. The first-order chi connectivity index (χ1) is 10.7. The van der Waals surface area contributed by atoms with E-state index in [-0.39, 0.29) is 0 Å². The quantitative estimate of drug-likeness (QED) is 0.748. The van der Waals surface area contributed by atoms with Gasteiger partial charge in [-0.15, -0.1) is 11.3 Å². The molecule has 4 rings (SSSR count). The Bertz CT molecular complexity index is 801. The number of hydrogen-bond donors (Lipinski definition) is 1. The predicted octanol–water partition coefficient (Wildman–Crippen LogP) is 0.798. The number of rotatable bonds is 2. The summed E-state index contributed by atoms with van der Waals surface area (Å²) < 4.78 is 1.54. The van der Waals surface area contributed by atoms with E-state index in [1.54, 1.807) is 11.3 Å². The van der Waals surface area contributed by atoms with E-state index in [1.807, 2.05) is 13.0 Å². The van der Waals surface area contributed by atoms with Crippen LogP contribution in [0.25, 0.3) is 5.78 Å². The number of anilines is 3. The summed E-state index contributed by atoms with van der Waals surface area (Å²) in [5.74, 6) is 1.94. The van der Waals surface area contributed by atoms with E-state index in [9.17, 15) is 0 Å². The van der Waals surface area contributed by atoms with Gasteiger partial charge in [0.2, 0.25) is 0 Å². The molecule has 9 heteroatoms. The maximum atomic E-state index is 6.00. The highest BCUT2D eigenvalue weighted by molar-refractivity contribution is 7.13. The third kappa shape index (κ3) is 2.23.